The quantitative estimate of drug-likeness (QED) is 0.874. The highest BCUT2D eigenvalue weighted by atomic mass is 79.9. The highest BCUT2D eigenvalue weighted by Gasteiger charge is 2.45. The second-order valence-electron chi connectivity index (χ2n) is 4.92. The van der Waals surface area contributed by atoms with Crippen LogP contribution in [0.15, 0.2) is 28.7 Å². The summed E-state index contributed by atoms with van der Waals surface area (Å²) in [4.78, 5) is 23.0. The zero-order chi connectivity index (χ0) is 13.9. The van der Waals surface area contributed by atoms with Gasteiger partial charge >= 0.3 is 5.97 Å². The van der Waals surface area contributed by atoms with Gasteiger partial charge in [0.2, 0.25) is 5.91 Å². The molecule has 1 amide bonds. The molecule has 0 saturated heterocycles. The molecule has 19 heavy (non-hydrogen) atoms. The number of aryl methyl sites for hydroxylation is 1. The maximum Gasteiger partial charge on any atom is 0.329 e. The maximum absolute atomic E-state index is 11.8. The van der Waals surface area contributed by atoms with Gasteiger partial charge in [-0.2, -0.15) is 0 Å². The lowest BCUT2D eigenvalue weighted by Gasteiger charge is -2.38. The molecular formula is C14H16BrNO3. The highest BCUT2D eigenvalue weighted by molar-refractivity contribution is 9.10. The second-order valence-corrected chi connectivity index (χ2v) is 5.83. The van der Waals surface area contributed by atoms with E-state index in [9.17, 15) is 9.59 Å². The Morgan fingerprint density at radius 3 is 2.63 bits per heavy atom. The zero-order valence-corrected chi connectivity index (χ0v) is 12.1. The average molecular weight is 326 g/mol. The Morgan fingerprint density at radius 2 is 2.11 bits per heavy atom. The van der Waals surface area contributed by atoms with Gasteiger partial charge < -0.3 is 10.4 Å². The maximum atomic E-state index is 11.8. The van der Waals surface area contributed by atoms with E-state index >= 15 is 0 Å². The molecule has 0 unspecified atom stereocenters. The summed E-state index contributed by atoms with van der Waals surface area (Å²) in [5.74, 6) is -1.11. The standard InChI is InChI=1S/C14H16BrNO3/c15-11-4-1-3-10(9-11)5-6-12(17)16-14(13(18)19)7-2-8-14/h1,3-4,9H,2,5-8H2,(H,16,17)(H,18,19). The summed E-state index contributed by atoms with van der Waals surface area (Å²) in [6, 6.07) is 7.76. The van der Waals surface area contributed by atoms with Crippen molar-refractivity contribution < 1.29 is 14.7 Å². The van der Waals surface area contributed by atoms with Crippen molar-refractivity contribution in [1.82, 2.24) is 5.32 Å². The third-order valence-electron chi connectivity index (χ3n) is 3.52. The molecule has 0 spiro atoms. The van der Waals surface area contributed by atoms with Gasteiger partial charge in [0.1, 0.15) is 5.54 Å². The number of benzene rings is 1. The van der Waals surface area contributed by atoms with Gasteiger partial charge in [0.15, 0.2) is 0 Å². The van der Waals surface area contributed by atoms with E-state index < -0.39 is 11.5 Å². The number of nitrogens with one attached hydrogen (secondary N) is 1. The van der Waals surface area contributed by atoms with E-state index in [1.807, 2.05) is 24.3 Å². The minimum atomic E-state index is -1.01. The molecule has 5 heteroatoms. The van der Waals surface area contributed by atoms with Crippen molar-refractivity contribution in [1.29, 1.82) is 0 Å². The lowest BCUT2D eigenvalue weighted by Crippen LogP contribution is -2.59. The molecule has 0 bridgehead atoms. The number of carbonyl (C=O) groups excluding carboxylic acids is 1. The first-order chi connectivity index (χ1) is 9.02. The second kappa shape index (κ2) is 5.74. The van der Waals surface area contributed by atoms with Crippen LogP contribution in [0.3, 0.4) is 0 Å². The number of rotatable bonds is 5. The lowest BCUT2D eigenvalue weighted by atomic mass is 9.76. The molecular weight excluding hydrogens is 310 g/mol. The molecule has 0 radical (unpaired) electrons. The highest BCUT2D eigenvalue weighted by Crippen LogP contribution is 2.32. The average Bonchev–Trinajstić information content (AvgIpc) is 2.31. The Labute approximate surface area is 120 Å². The van der Waals surface area contributed by atoms with E-state index in [0.717, 1.165) is 16.5 Å². The first kappa shape index (κ1) is 14.1. The van der Waals surface area contributed by atoms with E-state index in [-0.39, 0.29) is 5.91 Å². The minimum absolute atomic E-state index is 0.193. The molecule has 0 atom stereocenters. The number of hydrogen-bond donors (Lipinski definition) is 2. The van der Waals surface area contributed by atoms with Crippen molar-refractivity contribution in [3.63, 3.8) is 0 Å². The Bertz CT molecular complexity index is 497. The topological polar surface area (TPSA) is 66.4 Å². The van der Waals surface area contributed by atoms with Crippen molar-refractivity contribution in [2.45, 2.75) is 37.6 Å². The summed E-state index contributed by atoms with van der Waals surface area (Å²) >= 11 is 3.38. The van der Waals surface area contributed by atoms with Crippen molar-refractivity contribution in [2.75, 3.05) is 0 Å². The predicted molar refractivity (Wildman–Crippen MR) is 74.8 cm³/mol. The van der Waals surface area contributed by atoms with E-state index in [1.165, 1.54) is 0 Å². The van der Waals surface area contributed by atoms with Crippen LogP contribution in [-0.4, -0.2) is 22.5 Å². The van der Waals surface area contributed by atoms with Crippen LogP contribution in [0.1, 0.15) is 31.2 Å². The Morgan fingerprint density at radius 1 is 1.37 bits per heavy atom. The van der Waals surface area contributed by atoms with Crippen LogP contribution < -0.4 is 5.32 Å². The monoisotopic (exact) mass is 325 g/mol. The van der Waals surface area contributed by atoms with Crippen molar-refractivity contribution in [2.24, 2.45) is 0 Å². The van der Waals surface area contributed by atoms with E-state index in [1.54, 1.807) is 0 Å². The zero-order valence-electron chi connectivity index (χ0n) is 10.5. The smallest absolute Gasteiger partial charge is 0.329 e. The number of carbonyl (C=O) groups is 2. The largest absolute Gasteiger partial charge is 0.480 e. The van der Waals surface area contributed by atoms with Gasteiger partial charge in [-0.25, -0.2) is 4.79 Å². The van der Waals surface area contributed by atoms with Gasteiger partial charge in [0.05, 0.1) is 0 Å². The SMILES string of the molecule is O=C(CCc1cccc(Br)c1)NC1(C(=O)O)CCC1. The van der Waals surface area contributed by atoms with Crippen molar-refractivity contribution in [3.8, 4) is 0 Å². The number of halogens is 1. The van der Waals surface area contributed by atoms with Crippen LogP contribution in [0.5, 0.6) is 0 Å². The Balaban J connectivity index is 1.86. The molecule has 2 rings (SSSR count). The molecule has 4 nitrogen and oxygen atoms in total. The summed E-state index contributed by atoms with van der Waals surface area (Å²) < 4.78 is 0.978. The number of carboxylic acids is 1. The van der Waals surface area contributed by atoms with Crippen molar-refractivity contribution in [3.05, 3.63) is 34.3 Å². The summed E-state index contributed by atoms with van der Waals surface area (Å²) in [7, 11) is 0. The van der Waals surface area contributed by atoms with Crippen LogP contribution in [0.25, 0.3) is 0 Å². The van der Waals surface area contributed by atoms with Gasteiger partial charge in [-0.3, -0.25) is 4.79 Å². The number of aliphatic carboxylic acids is 1. The summed E-state index contributed by atoms with van der Waals surface area (Å²) in [5, 5.41) is 11.8. The summed E-state index contributed by atoms with van der Waals surface area (Å²) in [5.41, 5.74) is 0.0523. The molecule has 1 aromatic carbocycles. The molecule has 1 fully saturated rings. The third kappa shape index (κ3) is 3.35. The first-order valence-corrected chi connectivity index (χ1v) is 7.10. The molecule has 1 aliphatic rings. The first-order valence-electron chi connectivity index (χ1n) is 6.31. The van der Waals surface area contributed by atoms with Crippen LogP contribution >= 0.6 is 15.9 Å². The van der Waals surface area contributed by atoms with Gasteiger partial charge in [0.25, 0.3) is 0 Å². The summed E-state index contributed by atoms with van der Waals surface area (Å²) in [6.45, 7) is 0. The van der Waals surface area contributed by atoms with Crippen LogP contribution in [-0.2, 0) is 16.0 Å². The van der Waals surface area contributed by atoms with Crippen LogP contribution in [0.2, 0.25) is 0 Å². The Hall–Kier alpha value is -1.36. The van der Waals surface area contributed by atoms with Gasteiger partial charge in [0, 0.05) is 10.9 Å². The normalized spacial score (nSPS) is 16.5. The van der Waals surface area contributed by atoms with Crippen LogP contribution in [0, 0.1) is 0 Å². The molecule has 0 aliphatic heterocycles. The van der Waals surface area contributed by atoms with Crippen LogP contribution in [0.4, 0.5) is 0 Å². The van der Waals surface area contributed by atoms with E-state index in [4.69, 9.17) is 5.11 Å². The lowest BCUT2D eigenvalue weighted by molar-refractivity contribution is -0.151. The van der Waals surface area contributed by atoms with E-state index in [0.29, 0.717) is 25.7 Å². The van der Waals surface area contributed by atoms with Gasteiger partial charge in [-0.05, 0) is 43.4 Å². The number of hydrogen-bond acceptors (Lipinski definition) is 2. The predicted octanol–water partition coefficient (Wildman–Crippen LogP) is 2.51. The Kier molecular flexibility index (Phi) is 4.24. The molecule has 1 aliphatic carbocycles. The fraction of sp³-hybridized carbons (Fsp3) is 0.429. The fourth-order valence-corrected chi connectivity index (χ4v) is 2.65. The third-order valence-corrected chi connectivity index (χ3v) is 4.02. The molecule has 2 N–H and O–H groups in total. The molecule has 0 heterocycles. The molecule has 0 aromatic heterocycles. The van der Waals surface area contributed by atoms with Gasteiger partial charge in [-0.15, -0.1) is 0 Å². The molecule has 102 valence electrons. The molecule has 1 saturated carbocycles. The summed E-state index contributed by atoms with van der Waals surface area (Å²) in [6.07, 6.45) is 2.85. The van der Waals surface area contributed by atoms with Crippen molar-refractivity contribution >= 4 is 27.8 Å². The minimum Gasteiger partial charge on any atom is -0.480 e. The molecule has 1 aromatic rings. The van der Waals surface area contributed by atoms with Gasteiger partial charge in [-0.1, -0.05) is 28.1 Å². The fourth-order valence-electron chi connectivity index (χ4n) is 2.20. The van der Waals surface area contributed by atoms with E-state index in [2.05, 4.69) is 21.2 Å². The number of carboxylic acid groups (broad SMARTS) is 1. The number of amides is 1.